The third-order valence-corrected chi connectivity index (χ3v) is 3.79. The molecule has 2 rings (SSSR count). The Morgan fingerprint density at radius 3 is 3.18 bits per heavy atom. The summed E-state index contributed by atoms with van der Waals surface area (Å²) in [5.41, 5.74) is 0. The fourth-order valence-electron chi connectivity index (χ4n) is 1.86. The molecule has 1 aromatic rings. The molecule has 1 aromatic heterocycles. The highest BCUT2D eigenvalue weighted by atomic mass is 32.2. The number of aryl methyl sites for hydroxylation is 1. The number of aliphatic hydroxyl groups is 1. The molecule has 1 aliphatic rings. The monoisotopic (exact) mass is 255 g/mol. The maximum absolute atomic E-state index is 11.9. The molecule has 1 aliphatic heterocycles. The van der Waals surface area contributed by atoms with Crippen LogP contribution >= 0.6 is 11.8 Å². The maximum Gasteiger partial charge on any atom is 0.224 e. The van der Waals surface area contributed by atoms with Crippen LogP contribution in [-0.2, 0) is 11.3 Å². The first-order valence-corrected chi connectivity index (χ1v) is 6.94. The number of carbonyl (C=O) groups is 1. The van der Waals surface area contributed by atoms with Gasteiger partial charge in [-0.05, 0) is 6.42 Å². The van der Waals surface area contributed by atoms with Crippen molar-refractivity contribution < 1.29 is 9.90 Å². The van der Waals surface area contributed by atoms with Crippen LogP contribution in [0.2, 0.25) is 0 Å². The van der Waals surface area contributed by atoms with Crippen LogP contribution in [0.1, 0.15) is 12.8 Å². The van der Waals surface area contributed by atoms with Crippen molar-refractivity contribution in [3.8, 4) is 0 Å². The number of aliphatic hydroxyl groups excluding tert-OH is 1. The van der Waals surface area contributed by atoms with Crippen molar-refractivity contribution in [2.75, 3.05) is 18.1 Å². The Hall–Kier alpha value is -1.01. The number of rotatable bonds is 4. The lowest BCUT2D eigenvalue weighted by Gasteiger charge is -2.31. The number of aromatic nitrogens is 2. The molecule has 1 N–H and O–H groups in total. The van der Waals surface area contributed by atoms with Gasteiger partial charge in [0.25, 0.3) is 0 Å². The van der Waals surface area contributed by atoms with Gasteiger partial charge in [0.05, 0.1) is 6.33 Å². The van der Waals surface area contributed by atoms with Gasteiger partial charge < -0.3 is 14.6 Å². The number of nitrogens with zero attached hydrogens (tertiary/aromatic N) is 3. The summed E-state index contributed by atoms with van der Waals surface area (Å²) in [5, 5.41) is 9.69. The fraction of sp³-hybridized carbons (Fsp3) is 0.636. The van der Waals surface area contributed by atoms with E-state index in [0.717, 1.165) is 18.7 Å². The third-order valence-electron chi connectivity index (χ3n) is 2.79. The van der Waals surface area contributed by atoms with Gasteiger partial charge in [0.1, 0.15) is 6.23 Å². The van der Waals surface area contributed by atoms with E-state index in [2.05, 4.69) is 4.98 Å². The Bertz CT molecular complexity index is 356. The molecule has 1 saturated heterocycles. The van der Waals surface area contributed by atoms with Crippen molar-refractivity contribution >= 4 is 17.7 Å². The normalized spacial score (nSPS) is 20.5. The summed E-state index contributed by atoms with van der Waals surface area (Å²) in [7, 11) is 0. The Labute approximate surface area is 105 Å². The van der Waals surface area contributed by atoms with E-state index in [4.69, 9.17) is 0 Å². The number of amides is 1. The molecule has 5 nitrogen and oxygen atoms in total. The quantitative estimate of drug-likeness (QED) is 0.854. The summed E-state index contributed by atoms with van der Waals surface area (Å²) in [5.74, 6) is 1.61. The summed E-state index contributed by atoms with van der Waals surface area (Å²) in [4.78, 5) is 17.4. The highest BCUT2D eigenvalue weighted by Gasteiger charge is 2.24. The van der Waals surface area contributed by atoms with Crippen molar-refractivity contribution in [1.82, 2.24) is 14.5 Å². The van der Waals surface area contributed by atoms with Crippen LogP contribution in [0.3, 0.4) is 0 Å². The summed E-state index contributed by atoms with van der Waals surface area (Å²) >= 11 is 1.69. The van der Waals surface area contributed by atoms with E-state index in [9.17, 15) is 9.90 Å². The van der Waals surface area contributed by atoms with Gasteiger partial charge in [0, 0.05) is 43.4 Å². The van der Waals surface area contributed by atoms with Crippen LogP contribution in [0.4, 0.5) is 0 Å². The van der Waals surface area contributed by atoms with Gasteiger partial charge in [-0.15, -0.1) is 0 Å². The Balaban J connectivity index is 1.73. The van der Waals surface area contributed by atoms with E-state index in [1.54, 1.807) is 29.2 Å². The van der Waals surface area contributed by atoms with E-state index >= 15 is 0 Å². The van der Waals surface area contributed by atoms with Gasteiger partial charge >= 0.3 is 0 Å². The van der Waals surface area contributed by atoms with Crippen LogP contribution in [0, 0.1) is 0 Å². The molecule has 1 fully saturated rings. The van der Waals surface area contributed by atoms with Crippen molar-refractivity contribution in [3.05, 3.63) is 18.7 Å². The molecule has 1 atom stereocenters. The van der Waals surface area contributed by atoms with Gasteiger partial charge in [0.15, 0.2) is 0 Å². The van der Waals surface area contributed by atoms with E-state index in [-0.39, 0.29) is 5.91 Å². The van der Waals surface area contributed by atoms with Crippen LogP contribution in [0.25, 0.3) is 0 Å². The Kier molecular flexibility index (Phi) is 4.44. The predicted molar refractivity (Wildman–Crippen MR) is 66.5 cm³/mol. The summed E-state index contributed by atoms with van der Waals surface area (Å²) in [6.45, 7) is 1.46. The second-order valence-corrected chi connectivity index (χ2v) is 5.20. The third kappa shape index (κ3) is 3.47. The topological polar surface area (TPSA) is 58.4 Å². The molecule has 6 heteroatoms. The summed E-state index contributed by atoms with van der Waals surface area (Å²) in [6, 6.07) is 0. The number of imidazole rings is 1. The molecule has 0 aliphatic carbocycles. The number of thioether (sulfide) groups is 1. The van der Waals surface area contributed by atoms with Crippen molar-refractivity contribution in [1.29, 1.82) is 0 Å². The molecule has 94 valence electrons. The highest BCUT2D eigenvalue weighted by molar-refractivity contribution is 7.99. The first-order chi connectivity index (χ1) is 8.27. The van der Waals surface area contributed by atoms with Crippen molar-refractivity contribution in [2.24, 2.45) is 0 Å². The minimum atomic E-state index is -0.602. The van der Waals surface area contributed by atoms with Crippen LogP contribution in [-0.4, -0.2) is 49.7 Å². The van der Waals surface area contributed by atoms with Crippen molar-refractivity contribution in [2.45, 2.75) is 25.6 Å². The molecule has 2 heterocycles. The fourth-order valence-corrected chi connectivity index (χ4v) is 2.74. The lowest BCUT2D eigenvalue weighted by molar-refractivity contribution is -0.139. The molecule has 0 saturated carbocycles. The molecule has 0 radical (unpaired) electrons. The molecule has 0 bridgehead atoms. The molecular formula is C11H17N3O2S. The minimum absolute atomic E-state index is 0.0536. The van der Waals surface area contributed by atoms with Gasteiger partial charge in [-0.1, -0.05) is 0 Å². The molecule has 1 amide bonds. The van der Waals surface area contributed by atoms with Crippen LogP contribution in [0.15, 0.2) is 18.7 Å². The molecule has 17 heavy (non-hydrogen) atoms. The largest absolute Gasteiger partial charge is 0.373 e. The zero-order chi connectivity index (χ0) is 12.1. The minimum Gasteiger partial charge on any atom is -0.373 e. The second kappa shape index (κ2) is 6.07. The Morgan fingerprint density at radius 2 is 2.47 bits per heavy atom. The Morgan fingerprint density at radius 1 is 1.59 bits per heavy atom. The highest BCUT2D eigenvalue weighted by Crippen LogP contribution is 2.15. The maximum atomic E-state index is 11.9. The number of hydrogen-bond acceptors (Lipinski definition) is 4. The molecule has 0 aromatic carbocycles. The average Bonchev–Trinajstić information content (AvgIpc) is 2.82. The van der Waals surface area contributed by atoms with Gasteiger partial charge in [-0.2, -0.15) is 11.8 Å². The van der Waals surface area contributed by atoms with E-state index in [1.807, 2.05) is 10.8 Å². The second-order valence-electron chi connectivity index (χ2n) is 4.05. The number of carbonyl (C=O) groups excluding carboxylic acids is 1. The molecular weight excluding hydrogens is 238 g/mol. The van der Waals surface area contributed by atoms with Gasteiger partial charge in [-0.25, -0.2) is 4.98 Å². The lowest BCUT2D eigenvalue weighted by Crippen LogP contribution is -2.45. The zero-order valence-electron chi connectivity index (χ0n) is 9.66. The van der Waals surface area contributed by atoms with E-state index in [0.29, 0.717) is 18.7 Å². The first-order valence-electron chi connectivity index (χ1n) is 5.78. The predicted octanol–water partition coefficient (Wildman–Crippen LogP) is 0.557. The van der Waals surface area contributed by atoms with Crippen molar-refractivity contribution in [3.63, 3.8) is 0 Å². The number of hydrogen-bond donors (Lipinski definition) is 1. The zero-order valence-corrected chi connectivity index (χ0v) is 10.5. The SMILES string of the molecule is O=C(CCCn1ccnc1)N1CCSCC1O. The van der Waals surface area contributed by atoms with Crippen LogP contribution in [0.5, 0.6) is 0 Å². The first kappa shape index (κ1) is 12.4. The summed E-state index contributed by atoms with van der Waals surface area (Å²) < 4.78 is 1.95. The van der Waals surface area contributed by atoms with E-state index < -0.39 is 6.23 Å². The lowest BCUT2D eigenvalue weighted by atomic mass is 10.2. The van der Waals surface area contributed by atoms with Gasteiger partial charge in [-0.3, -0.25) is 4.79 Å². The van der Waals surface area contributed by atoms with Crippen LogP contribution < -0.4 is 0 Å². The summed E-state index contributed by atoms with van der Waals surface area (Å²) in [6.07, 6.45) is 6.03. The molecule has 1 unspecified atom stereocenters. The molecule has 0 spiro atoms. The standard InChI is InChI=1S/C11H17N3O2S/c15-10(14-6-7-17-8-11(14)16)2-1-4-13-5-3-12-9-13/h3,5,9,11,16H,1-2,4,6-8H2. The van der Waals surface area contributed by atoms with E-state index in [1.165, 1.54) is 0 Å². The van der Waals surface area contributed by atoms with Gasteiger partial charge in [0.2, 0.25) is 5.91 Å². The average molecular weight is 255 g/mol. The smallest absolute Gasteiger partial charge is 0.224 e.